The molecular weight excluding hydrogens is 325 g/mol. The number of rotatable bonds is 7. The summed E-state index contributed by atoms with van der Waals surface area (Å²) in [6.07, 6.45) is 1.91. The SMILES string of the molecule is C[C@H](Br)C(=O)NC[C@H](OCC1CC1)c1ccccc1F. The van der Waals surface area contributed by atoms with E-state index >= 15 is 0 Å². The molecule has 1 fully saturated rings. The Morgan fingerprint density at radius 3 is 2.80 bits per heavy atom. The van der Waals surface area contributed by atoms with Gasteiger partial charge in [-0.15, -0.1) is 0 Å². The zero-order chi connectivity index (χ0) is 14.5. The minimum atomic E-state index is -0.438. The third-order valence-electron chi connectivity index (χ3n) is 3.31. The van der Waals surface area contributed by atoms with Gasteiger partial charge in [-0.3, -0.25) is 4.79 Å². The van der Waals surface area contributed by atoms with Gasteiger partial charge >= 0.3 is 0 Å². The van der Waals surface area contributed by atoms with Gasteiger partial charge < -0.3 is 10.1 Å². The van der Waals surface area contributed by atoms with Crippen molar-refractivity contribution in [2.45, 2.75) is 30.7 Å². The number of ether oxygens (including phenoxy) is 1. The average Bonchev–Trinajstić information content (AvgIpc) is 3.23. The lowest BCUT2D eigenvalue weighted by Crippen LogP contribution is -2.34. The molecule has 0 aliphatic heterocycles. The number of alkyl halides is 1. The molecule has 110 valence electrons. The van der Waals surface area contributed by atoms with E-state index in [1.807, 2.05) is 0 Å². The summed E-state index contributed by atoms with van der Waals surface area (Å²) < 4.78 is 19.7. The van der Waals surface area contributed by atoms with E-state index in [0.29, 0.717) is 18.1 Å². The summed E-state index contributed by atoms with van der Waals surface area (Å²) >= 11 is 3.21. The highest BCUT2D eigenvalue weighted by Gasteiger charge is 2.25. The second-order valence-electron chi connectivity index (χ2n) is 5.15. The van der Waals surface area contributed by atoms with Crippen molar-refractivity contribution in [2.75, 3.05) is 13.2 Å². The molecule has 2 rings (SSSR count). The fourth-order valence-corrected chi connectivity index (χ4v) is 2.03. The molecule has 20 heavy (non-hydrogen) atoms. The molecule has 0 unspecified atom stereocenters. The van der Waals surface area contributed by atoms with E-state index < -0.39 is 6.10 Å². The zero-order valence-corrected chi connectivity index (χ0v) is 13.0. The Hall–Kier alpha value is -0.940. The van der Waals surface area contributed by atoms with Crippen molar-refractivity contribution >= 4 is 21.8 Å². The Balaban J connectivity index is 1.99. The minimum Gasteiger partial charge on any atom is -0.371 e. The van der Waals surface area contributed by atoms with Crippen LogP contribution in [0.4, 0.5) is 4.39 Å². The van der Waals surface area contributed by atoms with Gasteiger partial charge in [-0.2, -0.15) is 0 Å². The number of nitrogens with one attached hydrogen (secondary N) is 1. The van der Waals surface area contributed by atoms with Crippen molar-refractivity contribution in [1.82, 2.24) is 5.32 Å². The largest absolute Gasteiger partial charge is 0.371 e. The molecule has 0 heterocycles. The van der Waals surface area contributed by atoms with E-state index in [4.69, 9.17) is 4.74 Å². The predicted molar refractivity (Wildman–Crippen MR) is 79.2 cm³/mol. The van der Waals surface area contributed by atoms with Gasteiger partial charge in [0, 0.05) is 12.1 Å². The van der Waals surface area contributed by atoms with E-state index in [-0.39, 0.29) is 23.1 Å². The molecule has 1 aromatic rings. The molecule has 2 atom stereocenters. The van der Waals surface area contributed by atoms with Gasteiger partial charge in [-0.05, 0) is 31.7 Å². The number of hydrogen-bond donors (Lipinski definition) is 1. The summed E-state index contributed by atoms with van der Waals surface area (Å²) in [6.45, 7) is 2.65. The van der Waals surface area contributed by atoms with Gasteiger partial charge in [0.25, 0.3) is 0 Å². The second kappa shape index (κ2) is 7.18. The molecule has 3 nitrogen and oxygen atoms in total. The van der Waals surface area contributed by atoms with Crippen molar-refractivity contribution in [3.05, 3.63) is 35.6 Å². The first-order valence-corrected chi connectivity index (χ1v) is 7.77. The van der Waals surface area contributed by atoms with Crippen LogP contribution in [0.5, 0.6) is 0 Å². The second-order valence-corrected chi connectivity index (χ2v) is 6.52. The fraction of sp³-hybridized carbons (Fsp3) is 0.533. The lowest BCUT2D eigenvalue weighted by Gasteiger charge is -2.20. The Kier molecular flexibility index (Phi) is 5.54. The molecule has 0 bridgehead atoms. The molecule has 1 aliphatic rings. The fourth-order valence-electron chi connectivity index (χ4n) is 1.87. The highest BCUT2D eigenvalue weighted by atomic mass is 79.9. The quantitative estimate of drug-likeness (QED) is 0.772. The van der Waals surface area contributed by atoms with Crippen molar-refractivity contribution in [3.8, 4) is 0 Å². The smallest absolute Gasteiger partial charge is 0.233 e. The first-order valence-electron chi connectivity index (χ1n) is 6.85. The maximum atomic E-state index is 13.9. The summed E-state index contributed by atoms with van der Waals surface area (Å²) in [4.78, 5) is 11.3. The number of halogens is 2. The van der Waals surface area contributed by atoms with Crippen LogP contribution in [0.25, 0.3) is 0 Å². The van der Waals surface area contributed by atoms with E-state index in [1.54, 1.807) is 25.1 Å². The van der Waals surface area contributed by atoms with Crippen LogP contribution >= 0.6 is 15.9 Å². The van der Waals surface area contributed by atoms with Gasteiger partial charge in [0.05, 0.1) is 11.4 Å². The van der Waals surface area contributed by atoms with Gasteiger partial charge in [0.15, 0.2) is 0 Å². The Bertz CT molecular complexity index is 463. The minimum absolute atomic E-state index is 0.124. The Morgan fingerprint density at radius 1 is 1.50 bits per heavy atom. The van der Waals surface area contributed by atoms with Crippen LogP contribution in [0.3, 0.4) is 0 Å². The lowest BCUT2D eigenvalue weighted by molar-refractivity contribution is -0.120. The van der Waals surface area contributed by atoms with Crippen molar-refractivity contribution in [3.63, 3.8) is 0 Å². The van der Waals surface area contributed by atoms with Crippen LogP contribution < -0.4 is 5.32 Å². The molecule has 1 aromatic carbocycles. The molecule has 1 saturated carbocycles. The topological polar surface area (TPSA) is 38.3 Å². The standard InChI is InChI=1S/C15H19BrFNO2/c1-10(16)15(19)18-8-14(20-9-11-6-7-11)12-4-2-3-5-13(12)17/h2-5,10-11,14H,6-9H2,1H3,(H,18,19)/t10-,14-/m0/s1. The first-order chi connectivity index (χ1) is 9.58. The van der Waals surface area contributed by atoms with E-state index in [1.165, 1.54) is 18.9 Å². The summed E-state index contributed by atoms with van der Waals surface area (Å²) in [7, 11) is 0. The normalized spacial score (nSPS) is 17.6. The van der Waals surface area contributed by atoms with Crippen molar-refractivity contribution in [1.29, 1.82) is 0 Å². The maximum Gasteiger partial charge on any atom is 0.233 e. The summed E-state index contributed by atoms with van der Waals surface area (Å²) in [5.74, 6) is 0.172. The van der Waals surface area contributed by atoms with Crippen LogP contribution in [-0.2, 0) is 9.53 Å². The molecule has 5 heteroatoms. The van der Waals surface area contributed by atoms with Crippen LogP contribution in [0.1, 0.15) is 31.4 Å². The third kappa shape index (κ3) is 4.56. The molecule has 1 aliphatic carbocycles. The summed E-state index contributed by atoms with van der Waals surface area (Å²) in [5.41, 5.74) is 0.496. The Morgan fingerprint density at radius 2 is 2.20 bits per heavy atom. The summed E-state index contributed by atoms with van der Waals surface area (Å²) in [6, 6.07) is 6.55. The highest BCUT2D eigenvalue weighted by Crippen LogP contribution is 2.31. The highest BCUT2D eigenvalue weighted by molar-refractivity contribution is 9.10. The Labute approximate surface area is 127 Å². The predicted octanol–water partition coefficient (Wildman–Crippen LogP) is 3.19. The van der Waals surface area contributed by atoms with E-state index in [2.05, 4.69) is 21.2 Å². The molecule has 0 spiro atoms. The van der Waals surface area contributed by atoms with Crippen LogP contribution in [0.15, 0.2) is 24.3 Å². The molecule has 0 saturated heterocycles. The first kappa shape index (κ1) is 15.4. The van der Waals surface area contributed by atoms with Crippen LogP contribution in [0, 0.1) is 11.7 Å². The molecule has 0 radical (unpaired) electrons. The third-order valence-corrected chi connectivity index (χ3v) is 3.72. The summed E-state index contributed by atoms with van der Waals surface area (Å²) in [5, 5.41) is 2.77. The molecule has 1 N–H and O–H groups in total. The number of carbonyl (C=O) groups is 1. The van der Waals surface area contributed by atoms with Crippen molar-refractivity contribution in [2.24, 2.45) is 5.92 Å². The number of carbonyl (C=O) groups excluding carboxylic acids is 1. The van der Waals surface area contributed by atoms with Gasteiger partial charge in [-0.25, -0.2) is 4.39 Å². The molecule has 1 amide bonds. The van der Waals surface area contributed by atoms with Gasteiger partial charge in [0.2, 0.25) is 5.91 Å². The van der Waals surface area contributed by atoms with E-state index in [0.717, 1.165) is 0 Å². The molecular formula is C15H19BrFNO2. The number of amides is 1. The van der Waals surface area contributed by atoms with Crippen molar-refractivity contribution < 1.29 is 13.9 Å². The zero-order valence-electron chi connectivity index (χ0n) is 11.4. The maximum absolute atomic E-state index is 13.9. The van der Waals surface area contributed by atoms with Crippen LogP contribution in [0.2, 0.25) is 0 Å². The van der Waals surface area contributed by atoms with E-state index in [9.17, 15) is 9.18 Å². The van der Waals surface area contributed by atoms with Gasteiger partial charge in [0.1, 0.15) is 11.9 Å². The molecule has 0 aromatic heterocycles. The monoisotopic (exact) mass is 343 g/mol. The number of benzene rings is 1. The van der Waals surface area contributed by atoms with Crippen LogP contribution in [-0.4, -0.2) is 23.9 Å². The average molecular weight is 344 g/mol. The van der Waals surface area contributed by atoms with Gasteiger partial charge in [-0.1, -0.05) is 34.1 Å². The lowest BCUT2D eigenvalue weighted by atomic mass is 10.1. The number of hydrogen-bond acceptors (Lipinski definition) is 2.